The van der Waals surface area contributed by atoms with E-state index in [0.717, 1.165) is 0 Å². The number of allylic oxidation sites excluding steroid dienone is 2. The molecule has 0 aromatic carbocycles. The molecule has 0 spiro atoms. The van der Waals surface area contributed by atoms with Gasteiger partial charge in [-0.05, 0) is 49.4 Å². The summed E-state index contributed by atoms with van der Waals surface area (Å²) in [6, 6.07) is 2.40. The fourth-order valence-electron chi connectivity index (χ4n) is 4.50. The lowest BCUT2D eigenvalue weighted by molar-refractivity contribution is 0.0193. The van der Waals surface area contributed by atoms with Crippen molar-refractivity contribution in [3.8, 4) is 6.07 Å². The maximum atomic E-state index is 9.13. The number of nitrogens with zero attached hydrogens (tertiary/aromatic N) is 1. The Balaban J connectivity index is 2.45. The second kappa shape index (κ2) is 4.67. The fraction of sp³-hybridized carbons (Fsp3) is 0.812. The van der Waals surface area contributed by atoms with Crippen molar-refractivity contribution in [1.82, 2.24) is 0 Å². The molecule has 0 heterocycles. The maximum Gasteiger partial charge on any atom is 0.0666 e. The number of hydrogen-bond donors (Lipinski definition) is 0. The number of alkyl halides is 1. The van der Waals surface area contributed by atoms with Crippen LogP contribution in [0, 0.1) is 28.1 Å². The van der Waals surface area contributed by atoms with Crippen LogP contribution in [0.3, 0.4) is 0 Å². The van der Waals surface area contributed by atoms with Crippen molar-refractivity contribution in [2.75, 3.05) is 0 Å². The first-order valence-electron chi connectivity index (χ1n) is 7.04. The maximum absolute atomic E-state index is 9.13. The van der Waals surface area contributed by atoms with Crippen LogP contribution in [0.4, 0.5) is 0 Å². The van der Waals surface area contributed by atoms with E-state index in [1.54, 1.807) is 0 Å². The Morgan fingerprint density at radius 3 is 2.61 bits per heavy atom. The fourth-order valence-corrected chi connectivity index (χ4v) is 5.04. The molecule has 0 N–H and O–H groups in total. The number of nitriles is 1. The molecule has 3 atom stereocenters. The van der Waals surface area contributed by atoms with E-state index < -0.39 is 0 Å². The Kier molecular flexibility index (Phi) is 3.67. The zero-order valence-electron chi connectivity index (χ0n) is 12.0. The molecule has 100 valence electrons. The van der Waals surface area contributed by atoms with E-state index in [2.05, 4.69) is 49.7 Å². The second-order valence-electron chi connectivity index (χ2n) is 6.93. The molecule has 2 heteroatoms. The summed E-state index contributed by atoms with van der Waals surface area (Å²) < 4.78 is 0. The summed E-state index contributed by atoms with van der Waals surface area (Å²) in [6.45, 7) is 9.45. The summed E-state index contributed by atoms with van der Waals surface area (Å²) in [5, 5.41) is 9.13. The number of rotatable bonds is 1. The minimum atomic E-state index is 0.256. The van der Waals surface area contributed by atoms with Crippen LogP contribution in [0.5, 0.6) is 0 Å². The zero-order chi connectivity index (χ0) is 13.6. The Morgan fingerprint density at radius 1 is 1.33 bits per heavy atom. The molecule has 0 unspecified atom stereocenters. The van der Waals surface area contributed by atoms with Crippen LogP contribution in [0.1, 0.15) is 59.8 Å². The van der Waals surface area contributed by atoms with Gasteiger partial charge in [0, 0.05) is 4.83 Å². The summed E-state index contributed by atoms with van der Waals surface area (Å²) in [5.41, 5.74) is 3.52. The summed E-state index contributed by atoms with van der Waals surface area (Å²) in [6.07, 6.45) is 5.54. The predicted octanol–water partition coefficient (Wildman–Crippen LogP) is 5.22. The number of fused-ring (bicyclic) bond motifs is 1. The molecule has 2 aliphatic rings. The van der Waals surface area contributed by atoms with Gasteiger partial charge in [-0.2, -0.15) is 5.26 Å². The average molecular weight is 310 g/mol. The normalized spacial score (nSPS) is 39.1. The molecule has 0 saturated heterocycles. The summed E-state index contributed by atoms with van der Waals surface area (Å²) in [5.74, 6) is 0.704. The van der Waals surface area contributed by atoms with E-state index in [4.69, 9.17) is 5.26 Å². The van der Waals surface area contributed by atoms with Crippen molar-refractivity contribution < 1.29 is 0 Å². The molecule has 0 amide bonds. The zero-order valence-corrected chi connectivity index (χ0v) is 13.6. The smallest absolute Gasteiger partial charge is 0.0666 e. The van der Waals surface area contributed by atoms with Crippen LogP contribution in [0.25, 0.3) is 0 Å². The van der Waals surface area contributed by atoms with E-state index in [1.165, 1.54) is 36.8 Å². The molecular formula is C16H24BrN. The van der Waals surface area contributed by atoms with E-state index in [9.17, 15) is 0 Å². The highest BCUT2D eigenvalue weighted by Crippen LogP contribution is 2.61. The van der Waals surface area contributed by atoms with Gasteiger partial charge in [-0.1, -0.05) is 47.8 Å². The van der Waals surface area contributed by atoms with E-state index in [1.807, 2.05) is 0 Å². The first kappa shape index (κ1) is 14.1. The highest BCUT2D eigenvalue weighted by molar-refractivity contribution is 9.09. The lowest BCUT2D eigenvalue weighted by Gasteiger charge is -2.56. The van der Waals surface area contributed by atoms with Crippen LogP contribution in [-0.4, -0.2) is 4.83 Å². The van der Waals surface area contributed by atoms with Gasteiger partial charge >= 0.3 is 0 Å². The van der Waals surface area contributed by atoms with Crippen LogP contribution in [-0.2, 0) is 0 Å². The lowest BCUT2D eigenvalue weighted by Crippen LogP contribution is -2.50. The number of halogens is 1. The highest BCUT2D eigenvalue weighted by atomic mass is 79.9. The quantitative estimate of drug-likeness (QED) is 0.481. The van der Waals surface area contributed by atoms with Gasteiger partial charge in [0.25, 0.3) is 0 Å². The van der Waals surface area contributed by atoms with Crippen molar-refractivity contribution >= 4 is 15.9 Å². The average Bonchev–Trinajstić information content (AvgIpc) is 2.29. The minimum absolute atomic E-state index is 0.256. The van der Waals surface area contributed by atoms with Crippen molar-refractivity contribution in [2.45, 2.75) is 64.6 Å². The predicted molar refractivity (Wildman–Crippen MR) is 79.5 cm³/mol. The first-order chi connectivity index (χ1) is 8.34. The second-order valence-corrected chi connectivity index (χ2v) is 8.04. The Morgan fingerprint density at radius 2 is 2.00 bits per heavy atom. The molecule has 18 heavy (non-hydrogen) atoms. The van der Waals surface area contributed by atoms with E-state index in [0.29, 0.717) is 22.6 Å². The first-order valence-corrected chi connectivity index (χ1v) is 7.95. The molecule has 0 aromatic heterocycles. The van der Waals surface area contributed by atoms with Gasteiger partial charge in [-0.3, -0.25) is 0 Å². The Labute approximate surface area is 120 Å². The Bertz CT molecular complexity index is 415. The summed E-state index contributed by atoms with van der Waals surface area (Å²) >= 11 is 3.89. The van der Waals surface area contributed by atoms with Gasteiger partial charge in [-0.25, -0.2) is 0 Å². The van der Waals surface area contributed by atoms with E-state index >= 15 is 0 Å². The van der Waals surface area contributed by atoms with E-state index in [-0.39, 0.29) is 5.41 Å². The SMILES string of the molecule is CC1=C(CC#N)[C@@]2(C)CC[C@H](Br)C(C)(C)[C@@H]2CC1. The molecule has 2 rings (SSSR count). The molecule has 0 aliphatic heterocycles. The molecule has 1 fully saturated rings. The molecule has 2 aliphatic carbocycles. The van der Waals surface area contributed by atoms with Gasteiger partial charge in [0.1, 0.15) is 0 Å². The van der Waals surface area contributed by atoms with Gasteiger partial charge in [-0.15, -0.1) is 0 Å². The largest absolute Gasteiger partial charge is 0.198 e. The third-order valence-corrected chi connectivity index (χ3v) is 7.30. The van der Waals surface area contributed by atoms with Crippen LogP contribution < -0.4 is 0 Å². The van der Waals surface area contributed by atoms with Crippen molar-refractivity contribution in [3.63, 3.8) is 0 Å². The summed E-state index contributed by atoms with van der Waals surface area (Å²) in [4.78, 5) is 0.616. The number of hydrogen-bond acceptors (Lipinski definition) is 1. The molecule has 1 nitrogen and oxygen atoms in total. The third-order valence-electron chi connectivity index (χ3n) is 5.66. The third kappa shape index (κ3) is 1.95. The molecule has 0 aromatic rings. The van der Waals surface area contributed by atoms with Gasteiger partial charge in [0.05, 0.1) is 12.5 Å². The van der Waals surface area contributed by atoms with Crippen LogP contribution in [0.15, 0.2) is 11.1 Å². The molecular weight excluding hydrogens is 286 g/mol. The topological polar surface area (TPSA) is 23.8 Å². The molecule has 0 radical (unpaired) electrons. The van der Waals surface area contributed by atoms with Crippen molar-refractivity contribution in [1.29, 1.82) is 5.26 Å². The van der Waals surface area contributed by atoms with Crippen LogP contribution >= 0.6 is 15.9 Å². The van der Waals surface area contributed by atoms with Gasteiger partial charge < -0.3 is 0 Å². The monoisotopic (exact) mass is 309 g/mol. The lowest BCUT2D eigenvalue weighted by atomic mass is 9.50. The van der Waals surface area contributed by atoms with Crippen molar-refractivity contribution in [3.05, 3.63) is 11.1 Å². The standard InChI is InChI=1S/C16H24BrN/c1-11-5-6-13-15(2,3)14(17)7-9-16(13,4)12(11)8-10-18/h13-14H,5-9H2,1-4H3/t13-,14-,16+/m0/s1. The van der Waals surface area contributed by atoms with Crippen molar-refractivity contribution in [2.24, 2.45) is 16.7 Å². The van der Waals surface area contributed by atoms with Gasteiger partial charge in [0.15, 0.2) is 0 Å². The molecule has 1 saturated carbocycles. The summed E-state index contributed by atoms with van der Waals surface area (Å²) in [7, 11) is 0. The minimum Gasteiger partial charge on any atom is -0.198 e. The Hall–Kier alpha value is -0.290. The van der Waals surface area contributed by atoms with Crippen LogP contribution in [0.2, 0.25) is 0 Å². The van der Waals surface area contributed by atoms with Gasteiger partial charge in [0.2, 0.25) is 0 Å². The highest BCUT2D eigenvalue weighted by Gasteiger charge is 2.53. The molecule has 0 bridgehead atoms.